The maximum atomic E-state index is 12.0. The minimum Gasteiger partial charge on any atom is -0.482 e. The van der Waals surface area contributed by atoms with Crippen molar-refractivity contribution in [2.45, 2.75) is 13.3 Å². The number of ketones is 1. The molecular weight excluding hydrogens is 404 g/mol. The number of hydrogen-bond donors (Lipinski definition) is 1. The Morgan fingerprint density at radius 2 is 1.61 bits per heavy atom. The van der Waals surface area contributed by atoms with Gasteiger partial charge in [-0.05, 0) is 42.5 Å². The van der Waals surface area contributed by atoms with Crippen LogP contribution < -0.4 is 10.1 Å². The van der Waals surface area contributed by atoms with E-state index in [0.29, 0.717) is 23.4 Å². The lowest BCUT2D eigenvalue weighted by Crippen LogP contribution is -2.24. The van der Waals surface area contributed by atoms with Gasteiger partial charge in [0.2, 0.25) is 0 Å². The highest BCUT2D eigenvalue weighted by atomic mass is 16.6. The van der Waals surface area contributed by atoms with Crippen LogP contribution in [0.1, 0.15) is 44.4 Å². The van der Waals surface area contributed by atoms with Crippen molar-refractivity contribution in [1.82, 2.24) is 4.90 Å². The molecular formula is C22H20N2O7. The molecule has 2 aromatic carbocycles. The van der Waals surface area contributed by atoms with E-state index in [1.165, 1.54) is 25.2 Å². The van der Waals surface area contributed by atoms with Gasteiger partial charge in [0.25, 0.3) is 17.7 Å². The van der Waals surface area contributed by atoms with Crippen LogP contribution in [0.4, 0.5) is 5.69 Å². The number of rotatable bonds is 8. The molecule has 9 heteroatoms. The first-order chi connectivity index (χ1) is 14.8. The molecule has 0 atom stereocenters. The monoisotopic (exact) mass is 424 g/mol. The Morgan fingerprint density at radius 1 is 0.935 bits per heavy atom. The van der Waals surface area contributed by atoms with Gasteiger partial charge >= 0.3 is 5.97 Å². The summed E-state index contributed by atoms with van der Waals surface area (Å²) in [5, 5.41) is 2.50. The van der Waals surface area contributed by atoms with Crippen molar-refractivity contribution < 1.29 is 33.4 Å². The van der Waals surface area contributed by atoms with Gasteiger partial charge in [0, 0.05) is 24.7 Å². The van der Waals surface area contributed by atoms with E-state index in [1.807, 2.05) is 0 Å². The van der Waals surface area contributed by atoms with Crippen LogP contribution in [0, 0.1) is 0 Å². The Hall–Kier alpha value is -4.01. The summed E-state index contributed by atoms with van der Waals surface area (Å²) in [5.41, 5.74) is 1.32. The SMILES string of the molecule is CCC(=O)c1ccc(OCC(=O)OCC(=O)Nc2ccc3c(c2)C(=O)N(C)C3=O)cc1. The minimum absolute atomic E-state index is 0.00308. The number of carbonyl (C=O) groups is 5. The van der Waals surface area contributed by atoms with Crippen LogP contribution in [0.2, 0.25) is 0 Å². The zero-order valence-corrected chi connectivity index (χ0v) is 17.0. The van der Waals surface area contributed by atoms with E-state index < -0.39 is 36.9 Å². The normalized spacial score (nSPS) is 12.4. The Balaban J connectivity index is 1.46. The van der Waals surface area contributed by atoms with E-state index in [0.717, 1.165) is 4.90 Å². The number of carbonyl (C=O) groups excluding carboxylic acids is 5. The second kappa shape index (κ2) is 9.21. The van der Waals surface area contributed by atoms with Crippen molar-refractivity contribution in [3.63, 3.8) is 0 Å². The predicted molar refractivity (Wildman–Crippen MR) is 109 cm³/mol. The Labute approximate surface area is 177 Å². The van der Waals surface area contributed by atoms with Crippen molar-refractivity contribution in [3.8, 4) is 5.75 Å². The van der Waals surface area contributed by atoms with Gasteiger partial charge in [0.15, 0.2) is 19.0 Å². The number of fused-ring (bicyclic) bond motifs is 1. The number of hydrogen-bond acceptors (Lipinski definition) is 7. The number of benzene rings is 2. The van der Waals surface area contributed by atoms with Crippen LogP contribution in [0.5, 0.6) is 5.75 Å². The summed E-state index contributed by atoms with van der Waals surface area (Å²) in [5.74, 6) is -1.83. The second-order valence-corrected chi connectivity index (χ2v) is 6.73. The largest absolute Gasteiger partial charge is 0.482 e. The molecule has 3 amide bonds. The molecule has 3 rings (SSSR count). The molecule has 0 fully saturated rings. The number of imide groups is 1. The lowest BCUT2D eigenvalue weighted by atomic mass is 10.1. The van der Waals surface area contributed by atoms with Gasteiger partial charge in [-0.15, -0.1) is 0 Å². The molecule has 1 aliphatic rings. The fourth-order valence-electron chi connectivity index (χ4n) is 2.91. The van der Waals surface area contributed by atoms with Crippen LogP contribution in [-0.2, 0) is 14.3 Å². The molecule has 0 bridgehead atoms. The zero-order chi connectivity index (χ0) is 22.5. The molecule has 31 heavy (non-hydrogen) atoms. The first-order valence-corrected chi connectivity index (χ1v) is 9.48. The molecule has 0 aliphatic carbocycles. The van der Waals surface area contributed by atoms with Gasteiger partial charge in [0.1, 0.15) is 5.75 Å². The van der Waals surface area contributed by atoms with Gasteiger partial charge in [0.05, 0.1) is 11.1 Å². The average molecular weight is 424 g/mol. The lowest BCUT2D eigenvalue weighted by molar-refractivity contribution is -0.149. The summed E-state index contributed by atoms with van der Waals surface area (Å²) < 4.78 is 10.1. The maximum absolute atomic E-state index is 12.0. The van der Waals surface area contributed by atoms with Crippen molar-refractivity contribution in [2.75, 3.05) is 25.6 Å². The van der Waals surface area contributed by atoms with Gasteiger partial charge in [-0.1, -0.05) is 6.92 Å². The topological polar surface area (TPSA) is 119 Å². The first kappa shape index (κ1) is 21.7. The van der Waals surface area contributed by atoms with Gasteiger partial charge in [-0.25, -0.2) is 4.79 Å². The first-order valence-electron chi connectivity index (χ1n) is 9.48. The molecule has 0 saturated carbocycles. The lowest BCUT2D eigenvalue weighted by Gasteiger charge is -2.09. The summed E-state index contributed by atoms with van der Waals surface area (Å²) in [4.78, 5) is 60.3. The molecule has 0 spiro atoms. The van der Waals surface area contributed by atoms with Crippen molar-refractivity contribution in [1.29, 1.82) is 0 Å². The Bertz CT molecular complexity index is 1060. The van der Waals surface area contributed by atoms with E-state index >= 15 is 0 Å². The standard InChI is InChI=1S/C22H20N2O7/c1-3-18(25)13-4-7-15(8-5-13)30-12-20(27)31-11-19(26)23-14-6-9-16-17(10-14)22(29)24(2)21(16)28/h4-10H,3,11-12H2,1-2H3,(H,23,26). The third-order valence-electron chi connectivity index (χ3n) is 4.59. The highest BCUT2D eigenvalue weighted by molar-refractivity contribution is 6.21. The minimum atomic E-state index is -0.750. The van der Waals surface area contributed by atoms with Crippen LogP contribution in [0.25, 0.3) is 0 Å². The molecule has 0 radical (unpaired) electrons. The van der Waals surface area contributed by atoms with Gasteiger partial charge < -0.3 is 14.8 Å². The number of anilines is 1. The summed E-state index contributed by atoms with van der Waals surface area (Å²) in [6, 6.07) is 10.7. The number of nitrogens with one attached hydrogen (secondary N) is 1. The van der Waals surface area contributed by atoms with Crippen molar-refractivity contribution in [2.24, 2.45) is 0 Å². The van der Waals surface area contributed by atoms with E-state index in [1.54, 1.807) is 31.2 Å². The highest BCUT2D eigenvalue weighted by Crippen LogP contribution is 2.24. The third-order valence-corrected chi connectivity index (χ3v) is 4.59. The summed E-state index contributed by atoms with van der Waals surface area (Å²) in [6.45, 7) is 0.814. The summed E-state index contributed by atoms with van der Waals surface area (Å²) >= 11 is 0. The average Bonchev–Trinajstić information content (AvgIpc) is 2.99. The Morgan fingerprint density at radius 3 is 2.29 bits per heavy atom. The number of ether oxygens (including phenoxy) is 2. The zero-order valence-electron chi connectivity index (χ0n) is 17.0. The maximum Gasteiger partial charge on any atom is 0.344 e. The quantitative estimate of drug-likeness (QED) is 0.391. The third kappa shape index (κ3) is 4.95. The van der Waals surface area contributed by atoms with Crippen molar-refractivity contribution >= 4 is 35.2 Å². The van der Waals surface area contributed by atoms with Crippen LogP contribution in [0.3, 0.4) is 0 Å². The molecule has 2 aromatic rings. The number of amides is 3. The van der Waals surface area contributed by atoms with Crippen LogP contribution >= 0.6 is 0 Å². The predicted octanol–water partition coefficient (Wildman–Crippen LogP) is 2.07. The van der Waals surface area contributed by atoms with Crippen LogP contribution in [0.15, 0.2) is 42.5 Å². The molecule has 9 nitrogen and oxygen atoms in total. The van der Waals surface area contributed by atoms with E-state index in [2.05, 4.69) is 5.32 Å². The molecule has 0 aromatic heterocycles. The smallest absolute Gasteiger partial charge is 0.344 e. The van der Waals surface area contributed by atoms with Gasteiger partial charge in [-0.2, -0.15) is 0 Å². The number of nitrogens with zero attached hydrogens (tertiary/aromatic N) is 1. The fourth-order valence-corrected chi connectivity index (χ4v) is 2.91. The van der Waals surface area contributed by atoms with Gasteiger partial charge in [-0.3, -0.25) is 24.1 Å². The Kier molecular flexibility index (Phi) is 6.44. The summed E-state index contributed by atoms with van der Waals surface area (Å²) in [6.07, 6.45) is 0.394. The molecule has 1 N–H and O–H groups in total. The molecule has 0 unspecified atom stereocenters. The number of Topliss-reactive ketones (excluding diaryl/α,β-unsaturated/α-hetero) is 1. The van der Waals surface area contributed by atoms with Crippen LogP contribution in [-0.4, -0.2) is 54.6 Å². The second-order valence-electron chi connectivity index (χ2n) is 6.73. The molecule has 1 aliphatic heterocycles. The fraction of sp³-hybridized carbons (Fsp3) is 0.227. The van der Waals surface area contributed by atoms with Crippen molar-refractivity contribution in [3.05, 3.63) is 59.2 Å². The number of esters is 1. The summed E-state index contributed by atoms with van der Waals surface area (Å²) in [7, 11) is 1.38. The molecule has 1 heterocycles. The van der Waals surface area contributed by atoms with E-state index in [9.17, 15) is 24.0 Å². The molecule has 0 saturated heterocycles. The molecule has 160 valence electrons. The van der Waals surface area contributed by atoms with E-state index in [-0.39, 0.29) is 16.9 Å². The van der Waals surface area contributed by atoms with E-state index in [4.69, 9.17) is 9.47 Å². The highest BCUT2D eigenvalue weighted by Gasteiger charge is 2.32.